The summed E-state index contributed by atoms with van der Waals surface area (Å²) in [6.07, 6.45) is 14.1. The summed E-state index contributed by atoms with van der Waals surface area (Å²) in [4.78, 5) is 36.3. The number of aromatic nitrogens is 2. The lowest BCUT2D eigenvalue weighted by Gasteiger charge is -2.60. The first-order valence-corrected chi connectivity index (χ1v) is 18.3. The monoisotopic (exact) mass is 654 g/mol. The number of halogens is 1. The number of nitrogens with zero attached hydrogens (tertiary/aromatic N) is 4. The van der Waals surface area contributed by atoms with Gasteiger partial charge in [-0.3, -0.25) is 14.5 Å². The largest absolute Gasteiger partial charge is 0.379 e. The molecule has 1 aromatic heterocycles. The average molecular weight is 655 g/mol. The third-order valence-corrected chi connectivity index (χ3v) is 12.3. The summed E-state index contributed by atoms with van der Waals surface area (Å²) in [5, 5.41) is 6.53. The summed E-state index contributed by atoms with van der Waals surface area (Å²) in [6.45, 7) is 6.20. The number of carbonyl (C=O) groups is 2. The summed E-state index contributed by atoms with van der Waals surface area (Å²) in [7, 11) is 0. The van der Waals surface area contributed by atoms with Gasteiger partial charge in [-0.15, -0.1) is 0 Å². The van der Waals surface area contributed by atoms with Gasteiger partial charge in [0, 0.05) is 50.7 Å². The maximum absolute atomic E-state index is 16.2. The molecular formula is C35H51FN6O5. The topological polar surface area (TPSA) is 110 Å². The van der Waals surface area contributed by atoms with Crippen LogP contribution in [0.2, 0.25) is 0 Å². The number of ether oxygens (including phenoxy) is 3. The van der Waals surface area contributed by atoms with Crippen molar-refractivity contribution >= 4 is 11.7 Å². The summed E-state index contributed by atoms with van der Waals surface area (Å²) in [5.74, 6) is -0.221. The highest BCUT2D eigenvalue weighted by molar-refractivity contribution is 6.20. The normalized spacial score (nSPS) is 39.8. The van der Waals surface area contributed by atoms with Gasteiger partial charge in [-0.1, -0.05) is 12.8 Å². The lowest BCUT2D eigenvalue weighted by atomic mass is 9.67. The fourth-order valence-corrected chi connectivity index (χ4v) is 10.0. The van der Waals surface area contributed by atoms with Crippen LogP contribution in [0.5, 0.6) is 0 Å². The van der Waals surface area contributed by atoms with Gasteiger partial charge >= 0.3 is 0 Å². The number of ketones is 1. The van der Waals surface area contributed by atoms with E-state index in [-0.39, 0.29) is 48.0 Å². The van der Waals surface area contributed by atoms with Crippen LogP contribution >= 0.6 is 0 Å². The highest BCUT2D eigenvalue weighted by atomic mass is 19.1. The molecule has 3 aliphatic carbocycles. The zero-order valence-electron chi connectivity index (χ0n) is 27.4. The Bertz CT molecular complexity index is 1290. The molecule has 7 aliphatic rings. The molecule has 8 rings (SSSR count). The molecule has 3 saturated carbocycles. The van der Waals surface area contributed by atoms with Crippen molar-refractivity contribution in [3.63, 3.8) is 0 Å². The number of nitrogens with one attached hydrogen (secondary N) is 2. The summed E-state index contributed by atoms with van der Waals surface area (Å²) >= 11 is 0. The molecule has 47 heavy (non-hydrogen) atoms. The molecule has 4 aliphatic heterocycles. The van der Waals surface area contributed by atoms with E-state index in [9.17, 15) is 9.59 Å². The van der Waals surface area contributed by atoms with Gasteiger partial charge in [0.1, 0.15) is 6.17 Å². The standard InChI is InChI=1S/C35H51FN6O5/c36-26-17-24-32-34(31(26)38-7-3-10-40-13-15-45-16-14-40)47-30-18-23-22-5-1-2-6-28(22)46-29(23)19-27(30)42(32)20-25(33(24)43)35(44)39-8-4-11-41-12-9-37-21-41/h9,12,20-24,26-32,34,38H,1-8,10-11,13-19H2,(H,39,44). The number of hydrogen-bond donors (Lipinski definition) is 2. The van der Waals surface area contributed by atoms with Gasteiger partial charge in [-0.2, -0.15) is 0 Å². The van der Waals surface area contributed by atoms with Gasteiger partial charge in [0.05, 0.1) is 67.7 Å². The molecule has 11 unspecified atom stereocenters. The first-order chi connectivity index (χ1) is 23.0. The van der Waals surface area contributed by atoms with Crippen LogP contribution in [0.15, 0.2) is 30.5 Å². The molecule has 258 valence electrons. The van der Waals surface area contributed by atoms with Crippen molar-refractivity contribution < 1.29 is 28.2 Å². The number of carbonyl (C=O) groups excluding carboxylic acids is 2. The number of amides is 1. The van der Waals surface area contributed by atoms with Crippen molar-refractivity contribution in [1.29, 1.82) is 0 Å². The molecule has 1 amide bonds. The number of rotatable bonds is 10. The summed E-state index contributed by atoms with van der Waals surface area (Å²) < 4.78 is 37.4. The van der Waals surface area contributed by atoms with Crippen molar-refractivity contribution in [2.24, 2.45) is 17.8 Å². The molecule has 5 heterocycles. The second kappa shape index (κ2) is 13.9. The third kappa shape index (κ3) is 6.29. The molecule has 12 heteroatoms. The van der Waals surface area contributed by atoms with E-state index in [1.54, 1.807) is 12.5 Å². The maximum atomic E-state index is 16.2. The number of Topliss-reactive ketones (excluding diaryl/α,β-unsaturated/α-hetero) is 1. The van der Waals surface area contributed by atoms with Crippen LogP contribution in [0.3, 0.4) is 0 Å². The Hall–Kier alpha value is -2.38. The van der Waals surface area contributed by atoms with Crippen LogP contribution in [0.4, 0.5) is 4.39 Å². The predicted octanol–water partition coefficient (Wildman–Crippen LogP) is 2.07. The van der Waals surface area contributed by atoms with Gasteiger partial charge in [-0.05, 0) is 69.9 Å². The average Bonchev–Trinajstić information content (AvgIpc) is 3.74. The van der Waals surface area contributed by atoms with Crippen molar-refractivity contribution in [2.45, 2.75) is 113 Å². The SMILES string of the molecule is O=C(NCCCn1ccnc1)C1=CN2C3CC4OC5CCCCC5C4CC3OC3C(NCCCN4CCOCC4)C(F)CC(C1=O)C32. The van der Waals surface area contributed by atoms with Crippen LogP contribution in [0.25, 0.3) is 0 Å². The molecule has 0 spiro atoms. The fourth-order valence-electron chi connectivity index (χ4n) is 10.0. The minimum atomic E-state index is -1.24. The Balaban J connectivity index is 1.01. The number of alkyl halides is 1. The van der Waals surface area contributed by atoms with Crippen LogP contribution in [0.1, 0.15) is 57.8 Å². The number of morpholine rings is 2. The van der Waals surface area contributed by atoms with E-state index in [1.165, 1.54) is 19.3 Å². The van der Waals surface area contributed by atoms with Crippen LogP contribution in [0, 0.1) is 17.8 Å². The van der Waals surface area contributed by atoms with Gasteiger partial charge in [0.25, 0.3) is 5.91 Å². The number of fused-ring (bicyclic) bond motifs is 5. The highest BCUT2D eigenvalue weighted by Gasteiger charge is 2.61. The van der Waals surface area contributed by atoms with E-state index in [1.807, 2.05) is 17.0 Å². The van der Waals surface area contributed by atoms with Gasteiger partial charge < -0.3 is 34.3 Å². The van der Waals surface area contributed by atoms with Crippen molar-refractivity contribution in [1.82, 2.24) is 30.0 Å². The first-order valence-electron chi connectivity index (χ1n) is 18.3. The lowest BCUT2D eigenvalue weighted by Crippen LogP contribution is -2.73. The van der Waals surface area contributed by atoms with Crippen molar-refractivity contribution in [3.05, 3.63) is 30.5 Å². The van der Waals surface area contributed by atoms with Crippen LogP contribution in [-0.2, 0) is 30.3 Å². The molecule has 11 nitrogen and oxygen atoms in total. The lowest BCUT2D eigenvalue weighted by molar-refractivity contribution is -0.209. The molecule has 0 bridgehead atoms. The minimum Gasteiger partial charge on any atom is -0.379 e. The van der Waals surface area contributed by atoms with Gasteiger partial charge in [0.15, 0.2) is 5.78 Å². The number of imidazole rings is 1. The van der Waals surface area contributed by atoms with E-state index in [4.69, 9.17) is 14.2 Å². The number of hydrogen-bond acceptors (Lipinski definition) is 9. The Labute approximate surface area is 276 Å². The highest BCUT2D eigenvalue weighted by Crippen LogP contribution is 2.52. The quantitative estimate of drug-likeness (QED) is 0.290. The Kier molecular flexibility index (Phi) is 9.39. The molecule has 0 aromatic carbocycles. The second-order valence-electron chi connectivity index (χ2n) is 14.9. The molecule has 0 radical (unpaired) electrons. The fraction of sp³-hybridized carbons (Fsp3) is 0.800. The van der Waals surface area contributed by atoms with Crippen LogP contribution < -0.4 is 10.6 Å². The Morgan fingerprint density at radius 2 is 1.83 bits per heavy atom. The first kappa shape index (κ1) is 31.9. The zero-order chi connectivity index (χ0) is 31.9. The second-order valence-corrected chi connectivity index (χ2v) is 14.9. The minimum absolute atomic E-state index is 0.00424. The predicted molar refractivity (Wildman–Crippen MR) is 171 cm³/mol. The zero-order valence-corrected chi connectivity index (χ0v) is 27.4. The third-order valence-electron chi connectivity index (χ3n) is 12.3. The van der Waals surface area contributed by atoms with E-state index in [0.29, 0.717) is 37.5 Å². The molecule has 2 N–H and O–H groups in total. The molecule has 1 aromatic rings. The van der Waals surface area contributed by atoms with E-state index >= 15 is 4.39 Å². The van der Waals surface area contributed by atoms with Crippen LogP contribution in [-0.4, -0.2) is 126 Å². The smallest absolute Gasteiger partial charge is 0.256 e. The van der Waals surface area contributed by atoms with Crippen molar-refractivity contribution in [2.75, 3.05) is 45.9 Å². The van der Waals surface area contributed by atoms with Crippen molar-refractivity contribution in [3.8, 4) is 0 Å². The van der Waals surface area contributed by atoms with E-state index < -0.39 is 24.2 Å². The van der Waals surface area contributed by atoms with Gasteiger partial charge in [0.2, 0.25) is 0 Å². The Morgan fingerprint density at radius 1 is 0.979 bits per heavy atom. The molecular weight excluding hydrogens is 603 g/mol. The number of aryl methyl sites for hydroxylation is 1. The molecule has 3 saturated heterocycles. The summed E-state index contributed by atoms with van der Waals surface area (Å²) in [6, 6.07) is -0.801. The Morgan fingerprint density at radius 3 is 2.68 bits per heavy atom. The molecule has 6 fully saturated rings. The molecule has 11 atom stereocenters. The summed E-state index contributed by atoms with van der Waals surface area (Å²) in [5.41, 5.74) is 0.153. The van der Waals surface area contributed by atoms with E-state index in [2.05, 4.69) is 25.4 Å². The van der Waals surface area contributed by atoms with Gasteiger partial charge in [-0.25, -0.2) is 9.37 Å². The maximum Gasteiger partial charge on any atom is 0.256 e. The van der Waals surface area contributed by atoms with E-state index in [0.717, 1.165) is 65.1 Å².